The van der Waals surface area contributed by atoms with Gasteiger partial charge in [-0.15, -0.1) is 5.10 Å². The Hall–Kier alpha value is -3.17. The number of alkyl halides is 2. The van der Waals surface area contributed by atoms with E-state index in [4.69, 9.17) is 0 Å². The molecule has 0 aromatic carbocycles. The zero-order valence-electron chi connectivity index (χ0n) is 11.6. The smallest absolute Gasteiger partial charge is 0.278 e. The first-order chi connectivity index (χ1) is 11.1. The van der Waals surface area contributed by atoms with Crippen molar-refractivity contribution in [3.63, 3.8) is 0 Å². The van der Waals surface area contributed by atoms with E-state index in [2.05, 4.69) is 30.6 Å². The van der Waals surface area contributed by atoms with Gasteiger partial charge in [-0.1, -0.05) is 6.07 Å². The first-order valence-electron chi connectivity index (χ1n) is 6.58. The van der Waals surface area contributed by atoms with Crippen molar-refractivity contribution in [3.05, 3.63) is 42.4 Å². The molecule has 2 N–H and O–H groups in total. The minimum absolute atomic E-state index is 0.00478. The van der Waals surface area contributed by atoms with Gasteiger partial charge in [0.1, 0.15) is 12.2 Å². The summed E-state index contributed by atoms with van der Waals surface area (Å²) in [5.41, 5.74) is 0.566. The van der Waals surface area contributed by atoms with Crippen molar-refractivity contribution < 1.29 is 13.6 Å². The summed E-state index contributed by atoms with van der Waals surface area (Å²) in [6.07, 6.45) is 0.365. The van der Waals surface area contributed by atoms with Crippen LogP contribution in [0.4, 0.5) is 14.7 Å². The monoisotopic (exact) mass is 319 g/mol. The molecule has 0 fully saturated rings. The number of hydrogen-bond acceptors (Lipinski definition) is 5. The van der Waals surface area contributed by atoms with Crippen molar-refractivity contribution in [3.8, 4) is 11.5 Å². The lowest BCUT2D eigenvalue weighted by molar-refractivity contribution is 0.101. The minimum Gasteiger partial charge on any atom is -0.288 e. The Morgan fingerprint density at radius 2 is 2.22 bits per heavy atom. The highest BCUT2D eigenvalue weighted by atomic mass is 19.3. The van der Waals surface area contributed by atoms with E-state index in [1.807, 2.05) is 0 Å². The van der Waals surface area contributed by atoms with E-state index in [0.717, 1.165) is 4.68 Å². The van der Waals surface area contributed by atoms with Gasteiger partial charge in [0.15, 0.2) is 11.5 Å². The van der Waals surface area contributed by atoms with Gasteiger partial charge in [0.25, 0.3) is 12.3 Å². The van der Waals surface area contributed by atoms with Crippen LogP contribution in [0, 0.1) is 0 Å². The van der Waals surface area contributed by atoms with E-state index in [0.29, 0.717) is 11.5 Å². The van der Waals surface area contributed by atoms with Crippen LogP contribution in [0.25, 0.3) is 11.5 Å². The van der Waals surface area contributed by atoms with Crippen molar-refractivity contribution in [2.45, 2.75) is 13.0 Å². The third-order valence-electron chi connectivity index (χ3n) is 2.82. The van der Waals surface area contributed by atoms with Crippen molar-refractivity contribution in [1.82, 2.24) is 29.9 Å². The van der Waals surface area contributed by atoms with Gasteiger partial charge in [0.05, 0.1) is 0 Å². The summed E-state index contributed by atoms with van der Waals surface area (Å²) >= 11 is 0. The molecule has 0 saturated carbocycles. The molecule has 3 aromatic rings. The molecule has 1 amide bonds. The number of H-pyrrole nitrogens is 1. The molecule has 8 nitrogen and oxygen atoms in total. The van der Waals surface area contributed by atoms with E-state index in [9.17, 15) is 13.6 Å². The van der Waals surface area contributed by atoms with E-state index in [-0.39, 0.29) is 11.6 Å². The minimum atomic E-state index is -2.54. The van der Waals surface area contributed by atoms with Crippen molar-refractivity contribution >= 4 is 11.9 Å². The Kier molecular flexibility index (Phi) is 4.04. The second-order valence-electron chi connectivity index (χ2n) is 4.49. The third kappa shape index (κ3) is 3.54. The molecule has 3 heterocycles. The lowest BCUT2D eigenvalue weighted by Gasteiger charge is -1.99. The number of anilines is 1. The molecular weight excluding hydrogens is 308 g/mol. The number of carbonyl (C=O) groups is 1. The lowest BCUT2D eigenvalue weighted by Crippen LogP contribution is -2.15. The fourth-order valence-corrected chi connectivity index (χ4v) is 1.83. The molecule has 0 unspecified atom stereocenters. The highest BCUT2D eigenvalue weighted by Crippen LogP contribution is 2.12. The Labute approximate surface area is 128 Å². The molecule has 118 valence electrons. The topological polar surface area (TPSA) is 101 Å². The number of nitrogens with zero attached hydrogens (tertiary/aromatic N) is 5. The number of aromatic amines is 1. The molecule has 0 aliphatic carbocycles. The zero-order valence-corrected chi connectivity index (χ0v) is 11.6. The quantitative estimate of drug-likeness (QED) is 0.743. The number of amides is 1. The van der Waals surface area contributed by atoms with Crippen LogP contribution in [0.1, 0.15) is 10.5 Å². The zero-order chi connectivity index (χ0) is 16.2. The third-order valence-corrected chi connectivity index (χ3v) is 2.82. The van der Waals surface area contributed by atoms with Gasteiger partial charge >= 0.3 is 0 Å². The second kappa shape index (κ2) is 6.30. The number of nitrogens with one attached hydrogen (secondary N) is 2. The summed E-state index contributed by atoms with van der Waals surface area (Å²) in [6, 6.07) is 6.62. The Morgan fingerprint density at radius 1 is 1.35 bits per heavy atom. The first-order valence-corrected chi connectivity index (χ1v) is 6.58. The molecule has 3 aromatic heterocycles. The number of aromatic nitrogens is 6. The SMILES string of the molecule is O=C(Nc1n[nH]c(-c2ccccn2)n1)c1ccn(CC(F)F)n1. The summed E-state index contributed by atoms with van der Waals surface area (Å²) in [5, 5.41) is 12.7. The summed E-state index contributed by atoms with van der Waals surface area (Å²) in [6.45, 7) is -0.572. The summed E-state index contributed by atoms with van der Waals surface area (Å²) in [7, 11) is 0. The summed E-state index contributed by atoms with van der Waals surface area (Å²) in [4.78, 5) is 20.2. The van der Waals surface area contributed by atoms with Crippen LogP contribution in [0.2, 0.25) is 0 Å². The Balaban J connectivity index is 1.69. The van der Waals surface area contributed by atoms with Crippen LogP contribution in [0.3, 0.4) is 0 Å². The molecule has 0 bridgehead atoms. The van der Waals surface area contributed by atoms with Crippen LogP contribution in [0.5, 0.6) is 0 Å². The van der Waals surface area contributed by atoms with Crippen molar-refractivity contribution in [2.75, 3.05) is 5.32 Å². The van der Waals surface area contributed by atoms with E-state index < -0.39 is 18.9 Å². The molecule has 0 saturated heterocycles. The van der Waals surface area contributed by atoms with Crippen molar-refractivity contribution in [1.29, 1.82) is 0 Å². The fourth-order valence-electron chi connectivity index (χ4n) is 1.83. The molecular formula is C13H11F2N7O. The summed E-state index contributed by atoms with van der Waals surface area (Å²) < 4.78 is 25.5. The average molecular weight is 319 g/mol. The van der Waals surface area contributed by atoms with E-state index >= 15 is 0 Å². The standard InChI is InChI=1S/C13H11F2N7O/c14-10(15)7-22-6-4-9(21-22)12(23)18-13-17-11(19-20-13)8-3-1-2-5-16-8/h1-6,10H,7H2,(H2,17,18,19,20,23). The van der Waals surface area contributed by atoms with E-state index in [1.54, 1.807) is 24.4 Å². The van der Waals surface area contributed by atoms with Gasteiger partial charge < -0.3 is 0 Å². The van der Waals surface area contributed by atoms with E-state index in [1.165, 1.54) is 12.3 Å². The molecule has 23 heavy (non-hydrogen) atoms. The number of pyridine rings is 1. The molecule has 0 spiro atoms. The number of hydrogen-bond donors (Lipinski definition) is 2. The Bertz CT molecular complexity index is 800. The highest BCUT2D eigenvalue weighted by molar-refractivity contribution is 6.01. The van der Waals surface area contributed by atoms with Gasteiger partial charge in [0.2, 0.25) is 5.95 Å². The second-order valence-corrected chi connectivity index (χ2v) is 4.49. The number of halogens is 2. The van der Waals surface area contributed by atoms with Gasteiger partial charge in [-0.2, -0.15) is 10.1 Å². The maximum absolute atomic E-state index is 12.3. The van der Waals surface area contributed by atoms with Crippen LogP contribution in [-0.4, -0.2) is 42.3 Å². The number of carbonyl (C=O) groups excluding carboxylic acids is 1. The maximum Gasteiger partial charge on any atom is 0.278 e. The van der Waals surface area contributed by atoms with Crippen LogP contribution >= 0.6 is 0 Å². The molecule has 10 heteroatoms. The highest BCUT2D eigenvalue weighted by Gasteiger charge is 2.14. The van der Waals surface area contributed by atoms with Gasteiger partial charge in [-0.3, -0.25) is 24.9 Å². The number of rotatable bonds is 5. The largest absolute Gasteiger partial charge is 0.288 e. The molecule has 0 radical (unpaired) electrons. The maximum atomic E-state index is 12.3. The fraction of sp³-hybridized carbons (Fsp3) is 0.154. The van der Waals surface area contributed by atoms with Crippen molar-refractivity contribution in [2.24, 2.45) is 0 Å². The summed E-state index contributed by atoms with van der Waals surface area (Å²) in [5.74, 6) is -0.159. The molecule has 0 atom stereocenters. The predicted octanol–water partition coefficient (Wildman–Crippen LogP) is 1.58. The first kappa shape index (κ1) is 14.8. The van der Waals surface area contributed by atoms with Crippen LogP contribution in [0.15, 0.2) is 36.7 Å². The normalized spacial score (nSPS) is 10.9. The van der Waals surface area contributed by atoms with Crippen LogP contribution < -0.4 is 5.32 Å². The molecule has 0 aliphatic heterocycles. The van der Waals surface area contributed by atoms with Gasteiger partial charge in [0, 0.05) is 12.4 Å². The molecule has 3 rings (SSSR count). The lowest BCUT2D eigenvalue weighted by atomic mass is 10.3. The average Bonchev–Trinajstić information content (AvgIpc) is 3.17. The van der Waals surface area contributed by atoms with Gasteiger partial charge in [-0.05, 0) is 18.2 Å². The Morgan fingerprint density at radius 3 is 2.96 bits per heavy atom. The van der Waals surface area contributed by atoms with Gasteiger partial charge in [-0.25, -0.2) is 8.78 Å². The predicted molar refractivity (Wildman–Crippen MR) is 75.8 cm³/mol. The van der Waals surface area contributed by atoms with Crippen LogP contribution in [-0.2, 0) is 6.54 Å². The molecule has 0 aliphatic rings.